The Morgan fingerprint density at radius 3 is 2.32 bits per heavy atom. The van der Waals surface area contributed by atoms with E-state index in [1.807, 2.05) is 0 Å². The lowest BCUT2D eigenvalue weighted by atomic mass is 9.86. The SMILES string of the molecule is O=C(c1ccc(C2=NOC(c3cc(Cl)cc(Cl)c3)(C(F)(F)F)C2)cc1)n1ccc2cc([N+](=O)[O-])ccc21. The Labute approximate surface area is 216 Å². The van der Waals surface area contributed by atoms with Gasteiger partial charge >= 0.3 is 6.18 Å². The molecule has 5 rings (SSSR count). The van der Waals surface area contributed by atoms with Crippen molar-refractivity contribution in [2.45, 2.75) is 18.2 Å². The van der Waals surface area contributed by atoms with Gasteiger partial charge in [-0.15, -0.1) is 0 Å². The number of rotatable bonds is 4. The highest BCUT2D eigenvalue weighted by atomic mass is 35.5. The molecule has 0 spiro atoms. The molecular weight excluding hydrogens is 534 g/mol. The standard InChI is InChI=1S/C25H14Cl2F3N3O4/c26-18-10-17(11-19(27)12-18)24(25(28,29)30)13-21(31-37-24)14-1-3-15(4-2-14)23(34)32-8-7-16-9-20(33(35)36)5-6-22(16)32/h1-12H,13H2. The van der Waals surface area contributed by atoms with Gasteiger partial charge in [0.05, 0.1) is 16.2 Å². The second kappa shape index (κ2) is 8.89. The number of nitro groups is 1. The molecule has 4 aromatic rings. The van der Waals surface area contributed by atoms with Crippen LogP contribution in [0.5, 0.6) is 0 Å². The Morgan fingerprint density at radius 1 is 1.03 bits per heavy atom. The molecule has 37 heavy (non-hydrogen) atoms. The molecule has 188 valence electrons. The molecule has 1 aromatic heterocycles. The lowest BCUT2D eigenvalue weighted by Gasteiger charge is -2.29. The van der Waals surface area contributed by atoms with Crippen LogP contribution in [0.2, 0.25) is 10.0 Å². The number of carbonyl (C=O) groups is 1. The zero-order chi connectivity index (χ0) is 26.5. The molecule has 2 heterocycles. The minimum Gasteiger partial charge on any atom is -0.374 e. The third-order valence-corrected chi connectivity index (χ3v) is 6.52. The zero-order valence-electron chi connectivity index (χ0n) is 18.5. The highest BCUT2D eigenvalue weighted by Crippen LogP contribution is 2.49. The van der Waals surface area contributed by atoms with Gasteiger partial charge in [0.1, 0.15) is 0 Å². The molecule has 1 aliphatic rings. The number of hydrogen-bond acceptors (Lipinski definition) is 5. The van der Waals surface area contributed by atoms with Gasteiger partial charge in [-0.25, -0.2) is 0 Å². The van der Waals surface area contributed by atoms with E-state index in [1.54, 1.807) is 6.07 Å². The molecule has 0 radical (unpaired) electrons. The maximum Gasteiger partial charge on any atom is 0.435 e. The topological polar surface area (TPSA) is 86.7 Å². The number of carbonyl (C=O) groups excluding carboxylic acids is 1. The number of hydrogen-bond donors (Lipinski definition) is 0. The van der Waals surface area contributed by atoms with Crippen molar-refractivity contribution in [2.75, 3.05) is 0 Å². The molecule has 1 unspecified atom stereocenters. The Hall–Kier alpha value is -3.89. The maximum absolute atomic E-state index is 14.2. The van der Waals surface area contributed by atoms with Crippen molar-refractivity contribution in [3.8, 4) is 0 Å². The third kappa shape index (κ3) is 4.32. The largest absolute Gasteiger partial charge is 0.435 e. The van der Waals surface area contributed by atoms with Crippen LogP contribution < -0.4 is 0 Å². The second-order valence-electron chi connectivity index (χ2n) is 8.36. The van der Waals surface area contributed by atoms with E-state index < -0.39 is 29.0 Å². The fourth-order valence-electron chi connectivity index (χ4n) is 4.21. The molecule has 3 aromatic carbocycles. The number of nitro benzene ring substituents is 1. The fraction of sp³-hybridized carbons (Fsp3) is 0.120. The molecule has 0 amide bonds. The second-order valence-corrected chi connectivity index (χ2v) is 9.23. The number of alkyl halides is 3. The number of non-ortho nitro benzene ring substituents is 1. The van der Waals surface area contributed by atoms with Gasteiger partial charge in [0.25, 0.3) is 17.2 Å². The molecule has 0 fully saturated rings. The number of fused-ring (bicyclic) bond motifs is 1. The van der Waals surface area contributed by atoms with Crippen molar-refractivity contribution in [3.63, 3.8) is 0 Å². The van der Waals surface area contributed by atoms with Crippen LogP contribution in [0.1, 0.15) is 27.9 Å². The molecule has 1 atom stereocenters. The lowest BCUT2D eigenvalue weighted by Crippen LogP contribution is -2.42. The lowest BCUT2D eigenvalue weighted by molar-refractivity contribution is -0.384. The summed E-state index contributed by atoms with van der Waals surface area (Å²) < 4.78 is 44.0. The van der Waals surface area contributed by atoms with Gasteiger partial charge in [-0.2, -0.15) is 13.2 Å². The molecule has 0 bridgehead atoms. The summed E-state index contributed by atoms with van der Waals surface area (Å²) in [5.74, 6) is -0.418. The molecule has 7 nitrogen and oxygen atoms in total. The number of benzene rings is 3. The number of aromatic nitrogens is 1. The summed E-state index contributed by atoms with van der Waals surface area (Å²) in [6.07, 6.45) is -3.96. The van der Waals surface area contributed by atoms with Crippen LogP contribution >= 0.6 is 23.2 Å². The van der Waals surface area contributed by atoms with Gasteiger partial charge in [-0.1, -0.05) is 40.5 Å². The van der Waals surface area contributed by atoms with Crippen LogP contribution in [0.4, 0.5) is 18.9 Å². The van der Waals surface area contributed by atoms with E-state index in [9.17, 15) is 28.1 Å². The van der Waals surface area contributed by atoms with E-state index in [0.29, 0.717) is 16.5 Å². The van der Waals surface area contributed by atoms with E-state index in [2.05, 4.69) is 5.16 Å². The van der Waals surface area contributed by atoms with Crippen molar-refractivity contribution in [1.29, 1.82) is 0 Å². The average molecular weight is 548 g/mol. The summed E-state index contributed by atoms with van der Waals surface area (Å²) >= 11 is 11.9. The number of halogens is 5. The number of oxime groups is 1. The first kappa shape index (κ1) is 24.8. The van der Waals surface area contributed by atoms with E-state index in [-0.39, 0.29) is 32.6 Å². The van der Waals surface area contributed by atoms with Crippen LogP contribution in [0, 0.1) is 10.1 Å². The smallest absolute Gasteiger partial charge is 0.374 e. The van der Waals surface area contributed by atoms with Gasteiger partial charge in [-0.3, -0.25) is 19.5 Å². The average Bonchev–Trinajstić information content (AvgIpc) is 3.48. The van der Waals surface area contributed by atoms with Crippen molar-refractivity contribution in [2.24, 2.45) is 5.16 Å². The van der Waals surface area contributed by atoms with Gasteiger partial charge < -0.3 is 4.84 Å². The van der Waals surface area contributed by atoms with Crippen LogP contribution in [0.25, 0.3) is 10.9 Å². The molecule has 0 saturated carbocycles. The zero-order valence-corrected chi connectivity index (χ0v) is 20.0. The van der Waals surface area contributed by atoms with Crippen LogP contribution in [-0.4, -0.2) is 27.3 Å². The molecule has 0 N–H and O–H groups in total. The molecule has 0 aliphatic carbocycles. The quantitative estimate of drug-likeness (QED) is 0.201. The van der Waals surface area contributed by atoms with Crippen molar-refractivity contribution in [1.82, 2.24) is 4.57 Å². The third-order valence-electron chi connectivity index (χ3n) is 6.08. The van der Waals surface area contributed by atoms with Gasteiger partial charge in [0, 0.05) is 51.3 Å². The summed E-state index contributed by atoms with van der Waals surface area (Å²) in [6.45, 7) is 0. The Balaban J connectivity index is 1.42. The first-order valence-corrected chi connectivity index (χ1v) is 11.4. The minimum absolute atomic E-state index is 0.0261. The van der Waals surface area contributed by atoms with Crippen molar-refractivity contribution < 1.29 is 27.7 Å². The van der Waals surface area contributed by atoms with E-state index in [0.717, 1.165) is 12.1 Å². The predicted octanol–water partition coefficient (Wildman–Crippen LogP) is 7.13. The van der Waals surface area contributed by atoms with E-state index in [4.69, 9.17) is 28.0 Å². The minimum atomic E-state index is -4.83. The highest BCUT2D eigenvalue weighted by molar-refractivity contribution is 6.34. The first-order valence-electron chi connectivity index (χ1n) is 10.7. The Kier molecular flexibility index (Phi) is 5.96. The molecule has 0 saturated heterocycles. The van der Waals surface area contributed by atoms with Crippen molar-refractivity contribution in [3.05, 3.63) is 110 Å². The summed E-state index contributed by atoms with van der Waals surface area (Å²) in [6, 6.07) is 15.2. The summed E-state index contributed by atoms with van der Waals surface area (Å²) in [4.78, 5) is 28.5. The predicted molar refractivity (Wildman–Crippen MR) is 131 cm³/mol. The first-order chi connectivity index (χ1) is 17.5. The van der Waals surface area contributed by atoms with Crippen LogP contribution in [-0.2, 0) is 10.4 Å². The fourth-order valence-corrected chi connectivity index (χ4v) is 4.74. The highest BCUT2D eigenvalue weighted by Gasteiger charge is 2.62. The summed E-state index contributed by atoms with van der Waals surface area (Å²) in [7, 11) is 0. The van der Waals surface area contributed by atoms with E-state index >= 15 is 0 Å². The Morgan fingerprint density at radius 2 is 1.70 bits per heavy atom. The van der Waals surface area contributed by atoms with Crippen LogP contribution in [0.3, 0.4) is 0 Å². The van der Waals surface area contributed by atoms with Gasteiger partial charge in [-0.05, 0) is 48.0 Å². The van der Waals surface area contributed by atoms with Crippen LogP contribution in [0.15, 0.2) is 78.1 Å². The van der Waals surface area contributed by atoms with Gasteiger partial charge in [0.15, 0.2) is 0 Å². The summed E-state index contributed by atoms with van der Waals surface area (Å²) in [5, 5.41) is 15.3. The molecular formula is C25H14Cl2F3N3O4. The monoisotopic (exact) mass is 547 g/mol. The summed E-state index contributed by atoms with van der Waals surface area (Å²) in [5.41, 5.74) is -2.04. The molecule has 1 aliphatic heterocycles. The van der Waals surface area contributed by atoms with E-state index in [1.165, 1.54) is 59.3 Å². The Bertz CT molecular complexity index is 1580. The normalized spacial score (nSPS) is 17.5. The van der Waals surface area contributed by atoms with Crippen molar-refractivity contribution >= 4 is 51.4 Å². The number of nitrogens with zero attached hydrogens (tertiary/aromatic N) is 3. The van der Waals surface area contributed by atoms with Gasteiger partial charge in [0.2, 0.25) is 0 Å². The molecule has 12 heteroatoms. The maximum atomic E-state index is 14.2.